The summed E-state index contributed by atoms with van der Waals surface area (Å²) in [4.78, 5) is 15.4. The maximum atomic E-state index is 11.1. The molecule has 0 amide bonds. The molecule has 2 aromatic carbocycles. The van der Waals surface area contributed by atoms with Crippen LogP contribution in [0.5, 0.6) is 0 Å². The van der Waals surface area contributed by atoms with Gasteiger partial charge in [0.05, 0.1) is 24.2 Å². The summed E-state index contributed by atoms with van der Waals surface area (Å²) in [5.41, 5.74) is 2.94. The third kappa shape index (κ3) is 3.01. The molecule has 0 atom stereocenters. The van der Waals surface area contributed by atoms with E-state index in [1.165, 1.54) is 0 Å². The molecule has 0 aliphatic carbocycles. The summed E-state index contributed by atoms with van der Waals surface area (Å²) in [7, 11) is 0. The Balaban J connectivity index is 1.66. The van der Waals surface area contributed by atoms with Gasteiger partial charge in [0, 0.05) is 6.54 Å². The van der Waals surface area contributed by atoms with E-state index in [2.05, 4.69) is 4.98 Å². The lowest BCUT2D eigenvalue weighted by Gasteiger charge is -2.07. The van der Waals surface area contributed by atoms with Crippen LogP contribution in [0.3, 0.4) is 0 Å². The monoisotopic (exact) mass is 280 g/mol. The molecule has 0 N–H and O–H groups in total. The van der Waals surface area contributed by atoms with Crippen LogP contribution in [0, 0.1) is 0 Å². The standard InChI is InChI=1S/C17H16N2O2/c20-12-17-18-15-8-4-5-9-16(15)19(17)10-11-21-13-14-6-2-1-3-7-14/h1-9,12H,10-11,13H2. The van der Waals surface area contributed by atoms with Crippen LogP contribution in [-0.2, 0) is 17.9 Å². The number of hydrogen-bond donors (Lipinski definition) is 0. The quantitative estimate of drug-likeness (QED) is 0.515. The van der Waals surface area contributed by atoms with Crippen LogP contribution in [-0.4, -0.2) is 22.4 Å². The van der Waals surface area contributed by atoms with Crippen LogP contribution >= 0.6 is 0 Å². The Kier molecular flexibility index (Phi) is 4.07. The molecular formula is C17H16N2O2. The van der Waals surface area contributed by atoms with Crippen LogP contribution in [0.2, 0.25) is 0 Å². The number of aldehydes is 1. The van der Waals surface area contributed by atoms with Gasteiger partial charge in [-0.15, -0.1) is 0 Å². The van der Waals surface area contributed by atoms with Crippen LogP contribution < -0.4 is 0 Å². The minimum atomic E-state index is 0.444. The fourth-order valence-corrected chi connectivity index (χ4v) is 2.34. The van der Waals surface area contributed by atoms with Crippen molar-refractivity contribution in [2.24, 2.45) is 0 Å². The van der Waals surface area contributed by atoms with Gasteiger partial charge in [-0.2, -0.15) is 0 Å². The van der Waals surface area contributed by atoms with Gasteiger partial charge in [-0.25, -0.2) is 4.98 Å². The number of nitrogens with zero attached hydrogens (tertiary/aromatic N) is 2. The molecule has 0 unspecified atom stereocenters. The average molecular weight is 280 g/mol. The average Bonchev–Trinajstić information content (AvgIpc) is 2.90. The number of para-hydroxylation sites is 2. The van der Waals surface area contributed by atoms with Crippen molar-refractivity contribution in [1.29, 1.82) is 0 Å². The van der Waals surface area contributed by atoms with Gasteiger partial charge in [0.25, 0.3) is 0 Å². The van der Waals surface area contributed by atoms with Crippen molar-refractivity contribution in [3.63, 3.8) is 0 Å². The number of imidazole rings is 1. The van der Waals surface area contributed by atoms with E-state index in [4.69, 9.17) is 4.74 Å². The van der Waals surface area contributed by atoms with Crippen molar-refractivity contribution < 1.29 is 9.53 Å². The predicted molar refractivity (Wildman–Crippen MR) is 81.2 cm³/mol. The predicted octanol–water partition coefficient (Wildman–Crippen LogP) is 3.07. The fraction of sp³-hybridized carbons (Fsp3) is 0.176. The van der Waals surface area contributed by atoms with Crippen molar-refractivity contribution in [2.75, 3.05) is 6.61 Å². The molecule has 0 aliphatic heterocycles. The highest BCUT2D eigenvalue weighted by molar-refractivity contribution is 5.82. The van der Waals surface area contributed by atoms with E-state index >= 15 is 0 Å². The van der Waals surface area contributed by atoms with Crippen molar-refractivity contribution in [2.45, 2.75) is 13.2 Å². The van der Waals surface area contributed by atoms with Crippen molar-refractivity contribution in [1.82, 2.24) is 9.55 Å². The van der Waals surface area contributed by atoms with E-state index < -0.39 is 0 Å². The number of carbonyl (C=O) groups excluding carboxylic acids is 1. The van der Waals surface area contributed by atoms with Gasteiger partial charge in [-0.1, -0.05) is 42.5 Å². The van der Waals surface area contributed by atoms with E-state index in [0.717, 1.165) is 22.9 Å². The summed E-state index contributed by atoms with van der Waals surface area (Å²) < 4.78 is 7.57. The summed E-state index contributed by atoms with van der Waals surface area (Å²) in [6, 6.07) is 17.8. The van der Waals surface area contributed by atoms with E-state index in [1.54, 1.807) is 0 Å². The van der Waals surface area contributed by atoms with Crippen molar-refractivity contribution in [3.8, 4) is 0 Å². The van der Waals surface area contributed by atoms with Gasteiger partial charge < -0.3 is 9.30 Å². The highest BCUT2D eigenvalue weighted by atomic mass is 16.5. The molecular weight excluding hydrogens is 264 g/mol. The van der Waals surface area contributed by atoms with Gasteiger partial charge in [0.15, 0.2) is 12.1 Å². The summed E-state index contributed by atoms with van der Waals surface area (Å²) in [6.07, 6.45) is 0.789. The molecule has 106 valence electrons. The highest BCUT2D eigenvalue weighted by Gasteiger charge is 2.08. The first kappa shape index (κ1) is 13.5. The number of rotatable bonds is 6. The van der Waals surface area contributed by atoms with Gasteiger partial charge >= 0.3 is 0 Å². The Hall–Kier alpha value is -2.46. The number of aromatic nitrogens is 2. The van der Waals surface area contributed by atoms with E-state index in [0.29, 0.717) is 25.6 Å². The molecule has 0 aliphatic rings. The zero-order valence-corrected chi connectivity index (χ0v) is 11.6. The van der Waals surface area contributed by atoms with Crippen LogP contribution in [0.4, 0.5) is 0 Å². The number of ether oxygens (including phenoxy) is 1. The second-order valence-corrected chi connectivity index (χ2v) is 4.77. The largest absolute Gasteiger partial charge is 0.375 e. The summed E-state index contributed by atoms with van der Waals surface area (Å²) in [5.74, 6) is 0.444. The van der Waals surface area contributed by atoms with E-state index in [1.807, 2.05) is 59.2 Å². The SMILES string of the molecule is O=Cc1nc2ccccc2n1CCOCc1ccccc1. The van der Waals surface area contributed by atoms with Crippen LogP contribution in [0.25, 0.3) is 11.0 Å². The third-order valence-corrected chi connectivity index (χ3v) is 3.36. The zero-order chi connectivity index (χ0) is 14.5. The minimum Gasteiger partial charge on any atom is -0.375 e. The third-order valence-electron chi connectivity index (χ3n) is 3.36. The lowest BCUT2D eigenvalue weighted by atomic mass is 10.2. The minimum absolute atomic E-state index is 0.444. The molecule has 1 heterocycles. The molecule has 0 fully saturated rings. The molecule has 4 heteroatoms. The van der Waals surface area contributed by atoms with Gasteiger partial charge in [-0.05, 0) is 17.7 Å². The molecule has 0 saturated heterocycles. The Morgan fingerprint density at radius 3 is 2.62 bits per heavy atom. The first-order valence-electron chi connectivity index (χ1n) is 6.90. The lowest BCUT2D eigenvalue weighted by molar-refractivity contribution is 0.107. The molecule has 1 aromatic heterocycles. The van der Waals surface area contributed by atoms with Crippen LogP contribution in [0.1, 0.15) is 16.2 Å². The Morgan fingerprint density at radius 2 is 1.81 bits per heavy atom. The molecule has 0 bridgehead atoms. The van der Waals surface area contributed by atoms with Crippen LogP contribution in [0.15, 0.2) is 54.6 Å². The summed E-state index contributed by atoms with van der Waals surface area (Å²) in [5, 5.41) is 0. The number of benzene rings is 2. The number of hydrogen-bond acceptors (Lipinski definition) is 3. The van der Waals surface area contributed by atoms with Crippen molar-refractivity contribution in [3.05, 3.63) is 66.0 Å². The normalized spacial score (nSPS) is 10.9. The Morgan fingerprint density at radius 1 is 1.05 bits per heavy atom. The molecule has 0 spiro atoms. The maximum Gasteiger partial charge on any atom is 0.185 e. The first-order chi connectivity index (χ1) is 10.4. The molecule has 0 radical (unpaired) electrons. The Bertz CT molecular complexity index is 735. The fourth-order valence-electron chi connectivity index (χ4n) is 2.34. The molecule has 0 saturated carbocycles. The zero-order valence-electron chi connectivity index (χ0n) is 11.6. The lowest BCUT2D eigenvalue weighted by Crippen LogP contribution is -2.09. The summed E-state index contributed by atoms with van der Waals surface area (Å²) in [6.45, 7) is 1.72. The molecule has 3 aromatic rings. The van der Waals surface area contributed by atoms with E-state index in [-0.39, 0.29) is 0 Å². The molecule has 4 nitrogen and oxygen atoms in total. The van der Waals surface area contributed by atoms with Gasteiger partial charge in [0.2, 0.25) is 0 Å². The number of fused-ring (bicyclic) bond motifs is 1. The molecule has 3 rings (SSSR count). The second kappa shape index (κ2) is 6.33. The topological polar surface area (TPSA) is 44.1 Å². The first-order valence-corrected chi connectivity index (χ1v) is 6.90. The molecule has 21 heavy (non-hydrogen) atoms. The van der Waals surface area contributed by atoms with Gasteiger partial charge in [-0.3, -0.25) is 4.79 Å². The maximum absolute atomic E-state index is 11.1. The smallest absolute Gasteiger partial charge is 0.185 e. The second-order valence-electron chi connectivity index (χ2n) is 4.77. The summed E-state index contributed by atoms with van der Waals surface area (Å²) >= 11 is 0. The van der Waals surface area contributed by atoms with E-state index in [9.17, 15) is 4.79 Å². The van der Waals surface area contributed by atoms with Gasteiger partial charge in [0.1, 0.15) is 0 Å². The Labute approximate surface area is 123 Å². The number of carbonyl (C=O) groups is 1. The van der Waals surface area contributed by atoms with Crippen molar-refractivity contribution >= 4 is 17.3 Å². The highest BCUT2D eigenvalue weighted by Crippen LogP contribution is 2.14.